The van der Waals surface area contributed by atoms with Gasteiger partial charge in [-0.05, 0) is 31.5 Å². The first kappa shape index (κ1) is 12.2. The third kappa shape index (κ3) is 2.46. The van der Waals surface area contributed by atoms with E-state index in [-0.39, 0.29) is 5.92 Å². The molecule has 0 radical (unpaired) electrons. The molecular weight excluding hydrogens is 242 g/mol. The van der Waals surface area contributed by atoms with Crippen molar-refractivity contribution in [2.24, 2.45) is 5.92 Å². The number of hydrogen-bond acceptors (Lipinski definition) is 3. The molecule has 2 aromatic heterocycles. The lowest BCUT2D eigenvalue weighted by molar-refractivity contribution is -0.143. The zero-order valence-corrected chi connectivity index (χ0v) is 10.7. The fourth-order valence-electron chi connectivity index (χ4n) is 2.73. The molecule has 0 bridgehead atoms. The van der Waals surface area contributed by atoms with Crippen molar-refractivity contribution in [3.63, 3.8) is 0 Å². The number of imidazole rings is 1. The van der Waals surface area contributed by atoms with E-state index in [4.69, 9.17) is 5.11 Å². The molecule has 1 saturated heterocycles. The zero-order valence-electron chi connectivity index (χ0n) is 10.7. The molecule has 1 unspecified atom stereocenters. The molecule has 19 heavy (non-hydrogen) atoms. The lowest BCUT2D eigenvalue weighted by Crippen LogP contribution is -2.38. The molecule has 0 spiro atoms. The van der Waals surface area contributed by atoms with Crippen LogP contribution in [0.4, 0.5) is 0 Å². The van der Waals surface area contributed by atoms with E-state index >= 15 is 0 Å². The molecule has 1 atom stereocenters. The first-order valence-corrected chi connectivity index (χ1v) is 6.60. The molecule has 100 valence electrons. The number of nitrogens with zero attached hydrogens (tertiary/aromatic N) is 3. The van der Waals surface area contributed by atoms with Gasteiger partial charge in [0.2, 0.25) is 0 Å². The van der Waals surface area contributed by atoms with Crippen LogP contribution >= 0.6 is 0 Å². The maximum Gasteiger partial charge on any atom is 0.307 e. The highest BCUT2D eigenvalue weighted by molar-refractivity contribution is 5.70. The van der Waals surface area contributed by atoms with Crippen molar-refractivity contribution >= 4 is 11.6 Å². The first-order valence-electron chi connectivity index (χ1n) is 6.60. The van der Waals surface area contributed by atoms with Crippen molar-refractivity contribution < 1.29 is 9.90 Å². The summed E-state index contributed by atoms with van der Waals surface area (Å²) < 4.78 is 2.06. The van der Waals surface area contributed by atoms with Gasteiger partial charge in [0.05, 0.1) is 17.8 Å². The monoisotopic (exact) mass is 259 g/mol. The summed E-state index contributed by atoms with van der Waals surface area (Å²) in [4.78, 5) is 17.6. The third-order valence-electron chi connectivity index (χ3n) is 3.73. The Morgan fingerprint density at radius 1 is 1.47 bits per heavy atom. The van der Waals surface area contributed by atoms with Gasteiger partial charge in [-0.1, -0.05) is 6.07 Å². The summed E-state index contributed by atoms with van der Waals surface area (Å²) in [6.07, 6.45) is 5.61. The van der Waals surface area contributed by atoms with E-state index in [1.807, 2.05) is 30.6 Å². The number of fused-ring (bicyclic) bond motifs is 1. The first-order chi connectivity index (χ1) is 9.24. The van der Waals surface area contributed by atoms with Gasteiger partial charge in [0.25, 0.3) is 0 Å². The van der Waals surface area contributed by atoms with Gasteiger partial charge in [-0.15, -0.1) is 0 Å². The Balaban J connectivity index is 1.76. The van der Waals surface area contributed by atoms with Crippen LogP contribution in [0.25, 0.3) is 5.65 Å². The largest absolute Gasteiger partial charge is 0.481 e. The molecule has 3 heterocycles. The summed E-state index contributed by atoms with van der Waals surface area (Å²) in [5.74, 6) is -0.907. The van der Waals surface area contributed by atoms with E-state index in [0.29, 0.717) is 6.54 Å². The molecule has 5 heteroatoms. The SMILES string of the molecule is O=C(O)C1CCCN(Cc2cnc3ccccn23)C1. The average Bonchev–Trinajstić information content (AvgIpc) is 2.83. The minimum absolute atomic E-state index is 0.229. The second-order valence-electron chi connectivity index (χ2n) is 5.09. The number of likely N-dealkylation sites (tertiary alicyclic amines) is 1. The van der Waals surface area contributed by atoms with Crippen LogP contribution in [0.3, 0.4) is 0 Å². The van der Waals surface area contributed by atoms with Gasteiger partial charge in [0, 0.05) is 19.3 Å². The van der Waals surface area contributed by atoms with E-state index < -0.39 is 5.97 Å². The predicted octanol–water partition coefficient (Wildman–Crippen LogP) is 1.63. The molecule has 3 rings (SSSR count). The van der Waals surface area contributed by atoms with Crippen LogP contribution < -0.4 is 0 Å². The minimum Gasteiger partial charge on any atom is -0.481 e. The maximum atomic E-state index is 11.1. The molecule has 5 nitrogen and oxygen atoms in total. The van der Waals surface area contributed by atoms with Crippen molar-refractivity contribution in [1.82, 2.24) is 14.3 Å². The van der Waals surface area contributed by atoms with Gasteiger partial charge in [-0.2, -0.15) is 0 Å². The fraction of sp³-hybridized carbons (Fsp3) is 0.429. The van der Waals surface area contributed by atoms with E-state index in [9.17, 15) is 4.79 Å². The van der Waals surface area contributed by atoms with Gasteiger partial charge in [0.1, 0.15) is 5.65 Å². The third-order valence-corrected chi connectivity index (χ3v) is 3.73. The highest BCUT2D eigenvalue weighted by Gasteiger charge is 2.25. The quantitative estimate of drug-likeness (QED) is 0.910. The number of aromatic nitrogens is 2. The summed E-state index contributed by atoms with van der Waals surface area (Å²) in [6, 6.07) is 5.92. The van der Waals surface area contributed by atoms with Crippen molar-refractivity contribution in [2.75, 3.05) is 13.1 Å². The topological polar surface area (TPSA) is 57.8 Å². The Morgan fingerprint density at radius 3 is 3.21 bits per heavy atom. The number of rotatable bonds is 3. The van der Waals surface area contributed by atoms with E-state index in [1.54, 1.807) is 0 Å². The molecule has 1 fully saturated rings. The molecule has 0 saturated carbocycles. The van der Waals surface area contributed by atoms with Gasteiger partial charge < -0.3 is 9.51 Å². The van der Waals surface area contributed by atoms with Crippen LogP contribution in [-0.4, -0.2) is 38.4 Å². The Kier molecular flexibility index (Phi) is 3.21. The second-order valence-corrected chi connectivity index (χ2v) is 5.09. The summed E-state index contributed by atoms with van der Waals surface area (Å²) in [5.41, 5.74) is 2.05. The number of carbonyl (C=O) groups is 1. The van der Waals surface area contributed by atoms with Crippen molar-refractivity contribution in [3.8, 4) is 0 Å². The smallest absolute Gasteiger partial charge is 0.307 e. The van der Waals surface area contributed by atoms with Crippen LogP contribution in [0.15, 0.2) is 30.6 Å². The minimum atomic E-state index is -0.678. The number of pyridine rings is 1. The highest BCUT2D eigenvalue weighted by Crippen LogP contribution is 2.19. The summed E-state index contributed by atoms with van der Waals surface area (Å²) in [7, 11) is 0. The summed E-state index contributed by atoms with van der Waals surface area (Å²) >= 11 is 0. The summed E-state index contributed by atoms with van der Waals surface area (Å²) in [6.45, 7) is 2.36. The Hall–Kier alpha value is -1.88. The normalized spacial score (nSPS) is 20.7. The van der Waals surface area contributed by atoms with Gasteiger partial charge >= 0.3 is 5.97 Å². The second kappa shape index (κ2) is 5.01. The Labute approximate surface area is 111 Å². The van der Waals surface area contributed by atoms with Crippen LogP contribution in [0.2, 0.25) is 0 Å². The molecule has 1 aliphatic rings. The standard InChI is InChI=1S/C14H17N3O2/c18-14(19)11-4-3-6-16(9-11)10-12-8-15-13-5-1-2-7-17(12)13/h1-2,5,7-8,11H,3-4,6,9-10H2,(H,18,19). The average molecular weight is 259 g/mol. The molecular formula is C14H17N3O2. The number of carboxylic acid groups (broad SMARTS) is 1. The lowest BCUT2D eigenvalue weighted by Gasteiger charge is -2.30. The van der Waals surface area contributed by atoms with Crippen LogP contribution in [0.5, 0.6) is 0 Å². The van der Waals surface area contributed by atoms with Crippen molar-refractivity contribution in [3.05, 3.63) is 36.3 Å². The molecule has 1 aliphatic heterocycles. The van der Waals surface area contributed by atoms with E-state index in [1.165, 1.54) is 0 Å². The van der Waals surface area contributed by atoms with Gasteiger partial charge in [-0.3, -0.25) is 9.69 Å². The lowest BCUT2D eigenvalue weighted by atomic mass is 9.98. The van der Waals surface area contributed by atoms with Gasteiger partial charge in [-0.25, -0.2) is 4.98 Å². The van der Waals surface area contributed by atoms with Crippen LogP contribution in [-0.2, 0) is 11.3 Å². The summed E-state index contributed by atoms with van der Waals surface area (Å²) in [5, 5.41) is 9.11. The highest BCUT2D eigenvalue weighted by atomic mass is 16.4. The molecule has 1 N–H and O–H groups in total. The van der Waals surface area contributed by atoms with Crippen molar-refractivity contribution in [2.45, 2.75) is 19.4 Å². The molecule has 0 aromatic carbocycles. The zero-order chi connectivity index (χ0) is 13.2. The van der Waals surface area contributed by atoms with Crippen molar-refractivity contribution in [1.29, 1.82) is 0 Å². The van der Waals surface area contributed by atoms with E-state index in [2.05, 4.69) is 14.3 Å². The molecule has 2 aromatic rings. The number of carboxylic acids is 1. The number of aliphatic carboxylic acids is 1. The molecule has 0 amide bonds. The number of piperidine rings is 1. The van der Waals surface area contributed by atoms with Gasteiger partial charge in [0.15, 0.2) is 0 Å². The molecule has 0 aliphatic carbocycles. The Bertz CT molecular complexity index is 593. The predicted molar refractivity (Wildman–Crippen MR) is 70.8 cm³/mol. The Morgan fingerprint density at radius 2 is 2.37 bits per heavy atom. The van der Waals surface area contributed by atoms with Crippen LogP contribution in [0, 0.1) is 5.92 Å². The van der Waals surface area contributed by atoms with Crippen LogP contribution in [0.1, 0.15) is 18.5 Å². The fourth-order valence-corrected chi connectivity index (χ4v) is 2.73. The number of hydrogen-bond donors (Lipinski definition) is 1. The maximum absolute atomic E-state index is 11.1. The van der Waals surface area contributed by atoms with E-state index in [0.717, 1.165) is 37.3 Å².